The van der Waals surface area contributed by atoms with E-state index in [1.54, 1.807) is 0 Å². The Balaban J connectivity index is 1.66. The van der Waals surface area contributed by atoms with Crippen LogP contribution in [-0.4, -0.2) is 57.5 Å². The second-order valence-corrected chi connectivity index (χ2v) is 7.11. The lowest BCUT2D eigenvalue weighted by atomic mass is 10.1. The summed E-state index contributed by atoms with van der Waals surface area (Å²) in [7, 11) is 0. The van der Waals surface area contributed by atoms with Crippen LogP contribution in [0.1, 0.15) is 38.4 Å². The van der Waals surface area contributed by atoms with Crippen LogP contribution >= 0.6 is 11.8 Å². The Labute approximate surface area is 129 Å². The van der Waals surface area contributed by atoms with Crippen molar-refractivity contribution in [3.05, 3.63) is 5.82 Å². The summed E-state index contributed by atoms with van der Waals surface area (Å²) in [6, 6.07) is 0. The first kappa shape index (κ1) is 14.8. The first-order chi connectivity index (χ1) is 10.1. The smallest absolute Gasteiger partial charge is 0.236 e. The van der Waals surface area contributed by atoms with Crippen molar-refractivity contribution in [1.29, 1.82) is 0 Å². The molecule has 1 saturated heterocycles. The number of nitrogens with zero attached hydrogens (tertiary/aromatic N) is 3. The number of carbonyl (C=O) groups is 1. The molecule has 1 aliphatic carbocycles. The minimum atomic E-state index is -0.133. The Morgan fingerprint density at radius 3 is 2.71 bits per heavy atom. The highest BCUT2D eigenvalue weighted by Crippen LogP contribution is 2.39. The van der Waals surface area contributed by atoms with Gasteiger partial charge in [-0.15, -0.1) is 5.10 Å². The summed E-state index contributed by atoms with van der Waals surface area (Å²) in [6.07, 6.45) is 2.39. The van der Waals surface area contributed by atoms with E-state index in [9.17, 15) is 4.79 Å². The van der Waals surface area contributed by atoms with Crippen molar-refractivity contribution in [2.75, 3.05) is 26.3 Å². The van der Waals surface area contributed by atoms with E-state index >= 15 is 0 Å². The number of H-pyrrole nitrogens is 1. The molecule has 0 bridgehead atoms. The third-order valence-electron chi connectivity index (χ3n) is 3.85. The Morgan fingerprint density at radius 1 is 1.38 bits per heavy atom. The highest BCUT2D eigenvalue weighted by Gasteiger charge is 2.32. The normalized spacial score (nSPS) is 20.8. The van der Waals surface area contributed by atoms with Gasteiger partial charge in [0.1, 0.15) is 5.82 Å². The van der Waals surface area contributed by atoms with E-state index in [-0.39, 0.29) is 17.1 Å². The fourth-order valence-corrected chi connectivity index (χ4v) is 3.40. The van der Waals surface area contributed by atoms with Crippen LogP contribution in [0.4, 0.5) is 0 Å². The Hall–Kier alpha value is -1.08. The number of ether oxygens (including phenoxy) is 1. The van der Waals surface area contributed by atoms with E-state index in [0.29, 0.717) is 37.4 Å². The number of hydrogen-bond acceptors (Lipinski definition) is 5. The molecule has 6 nitrogen and oxygen atoms in total. The first-order valence-corrected chi connectivity index (χ1v) is 8.48. The number of thioether (sulfide) groups is 1. The third-order valence-corrected chi connectivity index (χ3v) is 5.24. The number of hydrogen-bond donors (Lipinski definition) is 1. The van der Waals surface area contributed by atoms with Crippen LogP contribution in [0.25, 0.3) is 0 Å². The molecule has 1 saturated carbocycles. The fraction of sp³-hybridized carbons (Fsp3) is 0.786. The molecule has 0 aromatic carbocycles. The number of aromatic amines is 1. The molecule has 3 rings (SSSR count). The van der Waals surface area contributed by atoms with Crippen molar-refractivity contribution in [1.82, 2.24) is 20.1 Å². The van der Waals surface area contributed by atoms with Gasteiger partial charge in [-0.2, -0.15) is 0 Å². The maximum absolute atomic E-state index is 12.7. The van der Waals surface area contributed by atoms with Crippen LogP contribution in [0.3, 0.4) is 0 Å². The lowest BCUT2D eigenvalue weighted by Crippen LogP contribution is -2.46. The monoisotopic (exact) mass is 310 g/mol. The van der Waals surface area contributed by atoms with Crippen LogP contribution < -0.4 is 0 Å². The number of carbonyl (C=O) groups excluding carboxylic acids is 1. The predicted molar refractivity (Wildman–Crippen MR) is 80.2 cm³/mol. The third kappa shape index (κ3) is 3.58. The molecule has 0 radical (unpaired) electrons. The zero-order chi connectivity index (χ0) is 14.8. The second-order valence-electron chi connectivity index (χ2n) is 6.00. The molecule has 1 aliphatic heterocycles. The zero-order valence-electron chi connectivity index (χ0n) is 12.5. The van der Waals surface area contributed by atoms with Gasteiger partial charge < -0.3 is 9.64 Å². The number of amides is 1. The van der Waals surface area contributed by atoms with Crippen molar-refractivity contribution in [3.8, 4) is 0 Å². The lowest BCUT2D eigenvalue weighted by molar-refractivity contribution is -0.135. The van der Waals surface area contributed by atoms with Gasteiger partial charge in [0.2, 0.25) is 11.1 Å². The first-order valence-electron chi connectivity index (χ1n) is 7.60. The molecule has 2 fully saturated rings. The van der Waals surface area contributed by atoms with E-state index in [2.05, 4.69) is 29.0 Å². The van der Waals surface area contributed by atoms with E-state index in [1.165, 1.54) is 24.6 Å². The molecular formula is C14H22N4O2S. The molecule has 1 amide bonds. The minimum absolute atomic E-state index is 0.133. The number of aromatic nitrogens is 3. The van der Waals surface area contributed by atoms with Crippen LogP contribution in [0.15, 0.2) is 5.16 Å². The fourth-order valence-electron chi connectivity index (χ4n) is 2.40. The molecule has 1 unspecified atom stereocenters. The minimum Gasteiger partial charge on any atom is -0.378 e. The molecular weight excluding hydrogens is 288 g/mol. The van der Waals surface area contributed by atoms with Gasteiger partial charge in [0.15, 0.2) is 0 Å². The van der Waals surface area contributed by atoms with Crippen LogP contribution in [0, 0.1) is 5.92 Å². The highest BCUT2D eigenvalue weighted by molar-refractivity contribution is 8.00. The summed E-state index contributed by atoms with van der Waals surface area (Å²) in [6.45, 7) is 6.78. The quantitative estimate of drug-likeness (QED) is 0.838. The molecule has 7 heteroatoms. The standard InChI is InChI=1S/C14H22N4O2S/c1-9(2)11(13(19)18-5-7-20-8-6-18)21-14-15-12(16-17-14)10-3-4-10/h9-11H,3-8H2,1-2H3,(H,15,16,17). The van der Waals surface area contributed by atoms with Crippen LogP contribution in [0.5, 0.6) is 0 Å². The molecule has 21 heavy (non-hydrogen) atoms. The molecule has 1 aromatic rings. The topological polar surface area (TPSA) is 71.1 Å². The SMILES string of the molecule is CC(C)C(Sc1n[nH]c(C2CC2)n1)C(=O)N1CCOCC1. The molecule has 1 aromatic heterocycles. The second kappa shape index (κ2) is 6.36. The van der Waals surface area contributed by atoms with Crippen molar-refractivity contribution < 1.29 is 9.53 Å². The Bertz CT molecular complexity index is 495. The summed E-state index contributed by atoms with van der Waals surface area (Å²) in [4.78, 5) is 19.1. The van der Waals surface area contributed by atoms with Gasteiger partial charge in [-0.3, -0.25) is 9.89 Å². The van der Waals surface area contributed by atoms with Gasteiger partial charge in [-0.25, -0.2) is 4.98 Å². The van der Waals surface area contributed by atoms with Crippen LogP contribution in [-0.2, 0) is 9.53 Å². The lowest BCUT2D eigenvalue weighted by Gasteiger charge is -2.31. The van der Waals surface area contributed by atoms with Gasteiger partial charge in [-0.05, 0) is 18.8 Å². The van der Waals surface area contributed by atoms with Gasteiger partial charge in [-0.1, -0.05) is 25.6 Å². The maximum atomic E-state index is 12.7. The van der Waals surface area contributed by atoms with Gasteiger partial charge in [0.05, 0.1) is 18.5 Å². The number of nitrogens with one attached hydrogen (secondary N) is 1. The Kier molecular flexibility index (Phi) is 4.49. The van der Waals surface area contributed by atoms with Crippen molar-refractivity contribution >= 4 is 17.7 Å². The van der Waals surface area contributed by atoms with Crippen molar-refractivity contribution in [2.45, 2.75) is 43.0 Å². The number of morpholine rings is 1. The zero-order valence-corrected chi connectivity index (χ0v) is 13.4. The molecule has 116 valence electrons. The van der Waals surface area contributed by atoms with E-state index < -0.39 is 0 Å². The maximum Gasteiger partial charge on any atom is 0.236 e. The summed E-state index contributed by atoms with van der Waals surface area (Å²) in [5, 5.41) is 7.82. The van der Waals surface area contributed by atoms with Gasteiger partial charge >= 0.3 is 0 Å². The van der Waals surface area contributed by atoms with Gasteiger partial charge in [0, 0.05) is 19.0 Å². The summed E-state index contributed by atoms with van der Waals surface area (Å²) < 4.78 is 5.31. The molecule has 2 aliphatic rings. The van der Waals surface area contributed by atoms with Gasteiger partial charge in [0.25, 0.3) is 0 Å². The van der Waals surface area contributed by atoms with Crippen molar-refractivity contribution in [2.24, 2.45) is 5.92 Å². The molecule has 1 N–H and O–H groups in total. The number of rotatable bonds is 5. The van der Waals surface area contributed by atoms with E-state index in [0.717, 1.165) is 5.82 Å². The largest absolute Gasteiger partial charge is 0.378 e. The van der Waals surface area contributed by atoms with Crippen LogP contribution in [0.2, 0.25) is 0 Å². The highest BCUT2D eigenvalue weighted by atomic mass is 32.2. The molecule has 2 heterocycles. The summed E-state index contributed by atoms with van der Waals surface area (Å²) in [5.41, 5.74) is 0. The van der Waals surface area contributed by atoms with E-state index in [4.69, 9.17) is 4.74 Å². The molecule has 1 atom stereocenters. The Morgan fingerprint density at radius 2 is 2.10 bits per heavy atom. The van der Waals surface area contributed by atoms with Crippen molar-refractivity contribution in [3.63, 3.8) is 0 Å². The summed E-state index contributed by atoms with van der Waals surface area (Å²) in [5.74, 6) is 1.95. The predicted octanol–water partition coefficient (Wildman–Crippen LogP) is 1.66. The average molecular weight is 310 g/mol. The average Bonchev–Trinajstić information content (AvgIpc) is 3.24. The molecule has 0 spiro atoms. The van der Waals surface area contributed by atoms with E-state index in [1.807, 2.05) is 4.90 Å². The summed E-state index contributed by atoms with van der Waals surface area (Å²) >= 11 is 1.48.